The first-order valence-corrected chi connectivity index (χ1v) is 9.62. The summed E-state index contributed by atoms with van der Waals surface area (Å²) >= 11 is 0. The van der Waals surface area contributed by atoms with E-state index in [4.69, 9.17) is 6.42 Å². The van der Waals surface area contributed by atoms with Crippen LogP contribution in [0.5, 0.6) is 0 Å². The van der Waals surface area contributed by atoms with Crippen molar-refractivity contribution in [2.24, 2.45) is 11.8 Å². The lowest BCUT2D eigenvalue weighted by Gasteiger charge is -2.20. The number of hydrogen-bond donors (Lipinski definition) is 2. The van der Waals surface area contributed by atoms with Crippen molar-refractivity contribution in [3.05, 3.63) is 71.3 Å². The Labute approximate surface area is 174 Å². The number of amides is 2. The maximum atomic E-state index is 12.8. The largest absolute Gasteiger partial charge is 0.480 e. The summed E-state index contributed by atoms with van der Waals surface area (Å²) in [6.45, 7) is -0.146. The van der Waals surface area contributed by atoms with Gasteiger partial charge in [-0.3, -0.25) is 24.6 Å². The fourth-order valence-corrected chi connectivity index (χ4v) is 4.22. The van der Waals surface area contributed by atoms with Gasteiger partial charge in [0.15, 0.2) is 0 Å². The summed E-state index contributed by atoms with van der Waals surface area (Å²) in [4.78, 5) is 38.2. The van der Waals surface area contributed by atoms with Gasteiger partial charge in [-0.15, -0.1) is 6.42 Å². The van der Waals surface area contributed by atoms with Crippen LogP contribution in [-0.2, 0) is 14.4 Å². The van der Waals surface area contributed by atoms with E-state index in [1.54, 1.807) is 0 Å². The number of likely N-dealkylation sites (tertiary alicyclic amines) is 1. The number of carboxylic acid groups (broad SMARTS) is 1. The minimum Gasteiger partial charge on any atom is -0.480 e. The van der Waals surface area contributed by atoms with Crippen LogP contribution in [0.2, 0.25) is 0 Å². The molecule has 6 heteroatoms. The fraction of sp³-hybridized carbons (Fsp3) is 0.208. The molecule has 2 N–H and O–H groups in total. The average molecular weight is 400 g/mol. The number of carboxylic acids is 1. The van der Waals surface area contributed by atoms with Gasteiger partial charge < -0.3 is 5.11 Å². The molecule has 0 aliphatic carbocycles. The maximum absolute atomic E-state index is 12.8. The second-order valence-electron chi connectivity index (χ2n) is 7.39. The Morgan fingerprint density at radius 1 is 1.00 bits per heavy atom. The molecule has 0 saturated carbocycles. The summed E-state index contributed by atoms with van der Waals surface area (Å²) in [6.07, 6.45) is 9.25. The zero-order valence-corrected chi connectivity index (χ0v) is 16.1. The Kier molecular flexibility index (Phi) is 5.21. The molecule has 2 aliphatic heterocycles. The number of nitrogens with zero attached hydrogens (tertiary/aromatic N) is 1. The highest BCUT2D eigenvalue weighted by Gasteiger charge is 2.60. The van der Waals surface area contributed by atoms with Gasteiger partial charge in [-0.2, -0.15) is 0 Å². The summed E-state index contributed by atoms with van der Waals surface area (Å²) in [5, 5.41) is 12.5. The molecule has 2 aromatic carbocycles. The number of nitrogens with one attached hydrogen (secondary N) is 1. The third-order valence-corrected chi connectivity index (χ3v) is 5.65. The molecule has 0 aromatic heterocycles. The lowest BCUT2D eigenvalue weighted by molar-refractivity contribution is -0.145. The predicted octanol–water partition coefficient (Wildman–Crippen LogP) is 2.19. The van der Waals surface area contributed by atoms with Crippen molar-refractivity contribution in [2.45, 2.75) is 12.1 Å². The molecule has 2 aromatic rings. The van der Waals surface area contributed by atoms with Gasteiger partial charge in [0.05, 0.1) is 18.4 Å². The van der Waals surface area contributed by atoms with Crippen molar-refractivity contribution in [3.63, 3.8) is 0 Å². The molecule has 4 atom stereocenters. The number of rotatable bonds is 5. The van der Waals surface area contributed by atoms with E-state index in [9.17, 15) is 19.5 Å². The van der Waals surface area contributed by atoms with Crippen LogP contribution >= 0.6 is 0 Å². The molecule has 2 saturated heterocycles. The molecule has 2 amide bonds. The van der Waals surface area contributed by atoms with Gasteiger partial charge >= 0.3 is 5.97 Å². The molecule has 0 bridgehead atoms. The summed E-state index contributed by atoms with van der Waals surface area (Å²) in [5.41, 5.74) is 2.80. The van der Waals surface area contributed by atoms with Crippen molar-refractivity contribution < 1.29 is 19.5 Å². The smallest absolute Gasteiger partial charge is 0.321 e. The first kappa shape index (κ1) is 19.6. The van der Waals surface area contributed by atoms with Crippen LogP contribution in [0.4, 0.5) is 0 Å². The number of carbonyl (C=O) groups is 3. The first-order chi connectivity index (χ1) is 14.5. The summed E-state index contributed by atoms with van der Waals surface area (Å²) in [6, 6.07) is 15.7. The van der Waals surface area contributed by atoms with Crippen molar-refractivity contribution in [1.82, 2.24) is 10.2 Å². The van der Waals surface area contributed by atoms with E-state index in [2.05, 4.69) is 11.2 Å². The van der Waals surface area contributed by atoms with E-state index in [1.165, 1.54) is 0 Å². The Morgan fingerprint density at radius 2 is 1.60 bits per heavy atom. The van der Waals surface area contributed by atoms with Gasteiger partial charge in [-0.1, -0.05) is 72.7 Å². The van der Waals surface area contributed by atoms with E-state index in [1.807, 2.05) is 66.7 Å². The van der Waals surface area contributed by atoms with Crippen LogP contribution in [0.1, 0.15) is 22.7 Å². The van der Waals surface area contributed by atoms with E-state index in [-0.39, 0.29) is 6.54 Å². The van der Waals surface area contributed by atoms with Crippen LogP contribution in [-0.4, -0.2) is 40.4 Å². The quantitative estimate of drug-likeness (QED) is 0.457. The minimum atomic E-state index is -1.15. The number of aliphatic carboxylic acids is 1. The fourth-order valence-electron chi connectivity index (χ4n) is 4.22. The normalized spacial score (nSPS) is 25.5. The van der Waals surface area contributed by atoms with Crippen LogP contribution in [0.25, 0.3) is 12.2 Å². The monoisotopic (exact) mass is 400 g/mol. The Morgan fingerprint density at radius 3 is 2.20 bits per heavy atom. The van der Waals surface area contributed by atoms with Gasteiger partial charge in [0.2, 0.25) is 11.8 Å². The molecule has 2 fully saturated rings. The molecule has 4 unspecified atom stereocenters. The van der Waals surface area contributed by atoms with E-state index in [0.29, 0.717) is 0 Å². The molecule has 2 heterocycles. The van der Waals surface area contributed by atoms with Gasteiger partial charge in [0, 0.05) is 6.04 Å². The molecule has 2 aliphatic rings. The molecule has 150 valence electrons. The van der Waals surface area contributed by atoms with Crippen LogP contribution < -0.4 is 5.32 Å². The second-order valence-corrected chi connectivity index (χ2v) is 7.39. The van der Waals surface area contributed by atoms with Crippen LogP contribution in [0.3, 0.4) is 0 Å². The lowest BCUT2D eigenvalue weighted by Crippen LogP contribution is -2.43. The molecule has 4 rings (SSSR count). The highest BCUT2D eigenvalue weighted by atomic mass is 16.4. The number of carbonyl (C=O) groups excluding carboxylic acids is 2. The zero-order chi connectivity index (χ0) is 21.3. The molecular formula is C24H20N2O4. The maximum Gasteiger partial charge on any atom is 0.321 e. The highest BCUT2D eigenvalue weighted by molar-refractivity contribution is 6.08. The van der Waals surface area contributed by atoms with Crippen molar-refractivity contribution in [3.8, 4) is 12.3 Å². The Hall–Kier alpha value is -3.69. The average Bonchev–Trinajstić information content (AvgIpc) is 3.27. The highest BCUT2D eigenvalue weighted by Crippen LogP contribution is 2.43. The molecule has 6 nitrogen and oxygen atoms in total. The SMILES string of the molecule is C#CCN1C(=O)C2C(C(=O)O)NC(c3ccc(C=Cc4ccccc4)cc3)C2C1=O. The Balaban J connectivity index is 1.59. The molecule has 0 radical (unpaired) electrons. The van der Waals surface area contributed by atoms with Crippen molar-refractivity contribution >= 4 is 29.9 Å². The van der Waals surface area contributed by atoms with Gasteiger partial charge in [-0.25, -0.2) is 0 Å². The number of benzene rings is 2. The summed E-state index contributed by atoms with van der Waals surface area (Å²) < 4.78 is 0. The Bertz CT molecular complexity index is 1050. The third kappa shape index (κ3) is 3.40. The second kappa shape index (κ2) is 7.97. The third-order valence-electron chi connectivity index (χ3n) is 5.65. The lowest BCUT2D eigenvalue weighted by atomic mass is 9.86. The predicted molar refractivity (Wildman–Crippen MR) is 112 cm³/mol. The van der Waals surface area contributed by atoms with Gasteiger partial charge in [0.1, 0.15) is 6.04 Å². The van der Waals surface area contributed by atoms with Crippen molar-refractivity contribution in [2.75, 3.05) is 6.54 Å². The van der Waals surface area contributed by atoms with E-state index in [0.717, 1.165) is 21.6 Å². The summed E-state index contributed by atoms with van der Waals surface area (Å²) in [7, 11) is 0. The standard InChI is InChI=1S/C24H20N2O4/c1-2-14-26-22(27)18-19(23(26)28)21(24(29)30)25-20(18)17-12-10-16(11-13-17)9-8-15-6-4-3-5-7-15/h1,3-13,18-21,25H,14H2,(H,29,30). The van der Waals surface area contributed by atoms with E-state index < -0.39 is 41.7 Å². The number of terminal acetylenes is 1. The summed E-state index contributed by atoms with van der Waals surface area (Å²) in [5.74, 6) is -1.52. The van der Waals surface area contributed by atoms with Gasteiger partial charge in [0.25, 0.3) is 0 Å². The number of imide groups is 1. The van der Waals surface area contributed by atoms with E-state index >= 15 is 0 Å². The number of fused-ring (bicyclic) bond motifs is 1. The topological polar surface area (TPSA) is 86.7 Å². The molecular weight excluding hydrogens is 380 g/mol. The number of hydrogen-bond acceptors (Lipinski definition) is 4. The van der Waals surface area contributed by atoms with Crippen molar-refractivity contribution in [1.29, 1.82) is 0 Å². The van der Waals surface area contributed by atoms with Crippen LogP contribution in [0.15, 0.2) is 54.6 Å². The molecule has 30 heavy (non-hydrogen) atoms. The molecule has 0 spiro atoms. The van der Waals surface area contributed by atoms with Gasteiger partial charge in [-0.05, 0) is 16.7 Å². The zero-order valence-electron chi connectivity index (χ0n) is 16.1. The van der Waals surface area contributed by atoms with Crippen LogP contribution in [0, 0.1) is 24.2 Å². The first-order valence-electron chi connectivity index (χ1n) is 9.62. The minimum absolute atomic E-state index is 0.146.